The maximum Gasteiger partial charge on any atom is 0.161 e. The number of rotatable bonds is 5. The molecule has 0 aromatic heterocycles. The number of aryl methyl sites for hydroxylation is 1. The molecule has 0 atom stereocenters. The molecule has 4 heteroatoms. The van der Waals surface area contributed by atoms with Gasteiger partial charge in [-0.25, -0.2) is 8.42 Å². The third kappa shape index (κ3) is 4.14. The molecular formula is C12H16O3S. The second-order valence-electron chi connectivity index (χ2n) is 3.91. The van der Waals surface area contributed by atoms with E-state index in [1.165, 1.54) is 0 Å². The fraction of sp³-hybridized carbons (Fsp3) is 0.417. The molecule has 0 radical (unpaired) electrons. The van der Waals surface area contributed by atoms with Crippen LogP contribution in [0.2, 0.25) is 0 Å². The molecule has 0 N–H and O–H groups in total. The molecule has 0 saturated carbocycles. The van der Waals surface area contributed by atoms with Crippen molar-refractivity contribution in [1.29, 1.82) is 0 Å². The molecule has 16 heavy (non-hydrogen) atoms. The van der Waals surface area contributed by atoms with Crippen LogP contribution in [0.4, 0.5) is 0 Å². The van der Waals surface area contributed by atoms with E-state index in [1.807, 2.05) is 25.1 Å². The molecule has 0 aliphatic carbocycles. The lowest BCUT2D eigenvalue weighted by Gasteiger charge is -2.04. The number of carbonyl (C=O) groups excluding carboxylic acids is 1. The number of carbonyl (C=O) groups is 1. The van der Waals surface area contributed by atoms with E-state index in [9.17, 15) is 13.2 Å². The van der Waals surface area contributed by atoms with Crippen LogP contribution >= 0.6 is 0 Å². The van der Waals surface area contributed by atoms with Crippen molar-refractivity contribution in [1.82, 2.24) is 0 Å². The van der Waals surface area contributed by atoms with E-state index in [-0.39, 0.29) is 23.7 Å². The zero-order valence-corrected chi connectivity index (χ0v) is 10.4. The summed E-state index contributed by atoms with van der Waals surface area (Å²) < 4.78 is 23.3. The number of hydrogen-bond donors (Lipinski definition) is 0. The van der Waals surface area contributed by atoms with Crippen molar-refractivity contribution in [2.75, 3.05) is 5.75 Å². The number of hydrogen-bond acceptors (Lipinski definition) is 3. The highest BCUT2D eigenvalue weighted by Gasteiger charge is 2.15. The lowest BCUT2D eigenvalue weighted by atomic mass is 10.2. The number of sulfone groups is 1. The Bertz CT molecular complexity index is 475. The molecule has 0 aliphatic heterocycles. The van der Waals surface area contributed by atoms with Gasteiger partial charge in [0.2, 0.25) is 0 Å². The first-order valence-corrected chi connectivity index (χ1v) is 7.03. The van der Waals surface area contributed by atoms with Crippen LogP contribution in [0.15, 0.2) is 24.3 Å². The minimum atomic E-state index is -3.31. The second-order valence-corrected chi connectivity index (χ2v) is 5.98. The summed E-state index contributed by atoms with van der Waals surface area (Å²) >= 11 is 0. The quantitative estimate of drug-likeness (QED) is 0.789. The highest BCUT2D eigenvalue weighted by molar-refractivity contribution is 7.91. The van der Waals surface area contributed by atoms with Crippen LogP contribution in [0.3, 0.4) is 0 Å². The molecule has 1 rings (SSSR count). The average molecular weight is 240 g/mol. The highest BCUT2D eigenvalue weighted by Crippen LogP contribution is 2.09. The second kappa shape index (κ2) is 5.25. The van der Waals surface area contributed by atoms with E-state index in [0.717, 1.165) is 11.1 Å². The lowest BCUT2D eigenvalue weighted by molar-refractivity contribution is -0.116. The Morgan fingerprint density at radius 1 is 1.31 bits per heavy atom. The molecule has 0 unspecified atom stereocenters. The van der Waals surface area contributed by atoms with Crippen LogP contribution in [0, 0.1) is 6.92 Å². The van der Waals surface area contributed by atoms with Gasteiger partial charge >= 0.3 is 0 Å². The van der Waals surface area contributed by atoms with Crippen LogP contribution < -0.4 is 0 Å². The first kappa shape index (κ1) is 12.9. The molecule has 0 fully saturated rings. The zero-order chi connectivity index (χ0) is 12.2. The predicted molar refractivity (Wildman–Crippen MR) is 64.0 cm³/mol. The number of ketones is 1. The molecule has 3 nitrogen and oxygen atoms in total. The SMILES string of the molecule is CCC(=O)CS(=O)(=O)Cc1cccc(C)c1. The predicted octanol–water partition coefficient (Wildman–Crippen LogP) is 1.89. The third-order valence-corrected chi connectivity index (χ3v) is 3.78. The summed E-state index contributed by atoms with van der Waals surface area (Å²) in [6, 6.07) is 7.32. The summed E-state index contributed by atoms with van der Waals surface area (Å²) in [5, 5.41) is 0. The molecular weight excluding hydrogens is 224 g/mol. The van der Waals surface area contributed by atoms with E-state index < -0.39 is 9.84 Å². The summed E-state index contributed by atoms with van der Waals surface area (Å²) in [5.41, 5.74) is 1.76. The van der Waals surface area contributed by atoms with Crippen LogP contribution in [0.5, 0.6) is 0 Å². The topological polar surface area (TPSA) is 51.2 Å². The standard InChI is InChI=1S/C12H16O3S/c1-3-12(13)9-16(14,15)8-11-6-4-5-10(2)7-11/h4-7H,3,8-9H2,1-2H3. The van der Waals surface area contributed by atoms with Crippen molar-refractivity contribution in [3.63, 3.8) is 0 Å². The Kier molecular flexibility index (Phi) is 4.24. The van der Waals surface area contributed by atoms with Gasteiger partial charge in [-0.05, 0) is 12.5 Å². The summed E-state index contributed by atoms with van der Waals surface area (Å²) in [5.74, 6) is -0.634. The third-order valence-electron chi connectivity index (χ3n) is 2.24. The lowest BCUT2D eigenvalue weighted by Crippen LogP contribution is -2.16. The molecule has 0 heterocycles. The van der Waals surface area contributed by atoms with Gasteiger partial charge < -0.3 is 0 Å². The number of Topliss-reactive ketones (excluding diaryl/α,β-unsaturated/α-hetero) is 1. The molecule has 1 aromatic rings. The molecule has 0 amide bonds. The maximum atomic E-state index is 11.7. The summed E-state index contributed by atoms with van der Waals surface area (Å²) in [6.45, 7) is 3.58. The Morgan fingerprint density at radius 2 is 2.00 bits per heavy atom. The van der Waals surface area contributed by atoms with Crippen molar-refractivity contribution in [2.45, 2.75) is 26.0 Å². The Hall–Kier alpha value is -1.16. The van der Waals surface area contributed by atoms with Crippen molar-refractivity contribution in [3.05, 3.63) is 35.4 Å². The zero-order valence-electron chi connectivity index (χ0n) is 9.56. The van der Waals surface area contributed by atoms with Gasteiger partial charge in [0.05, 0.1) is 5.75 Å². The van der Waals surface area contributed by atoms with E-state index in [2.05, 4.69) is 0 Å². The first-order valence-electron chi connectivity index (χ1n) is 5.20. The normalized spacial score (nSPS) is 11.4. The van der Waals surface area contributed by atoms with Gasteiger partial charge in [-0.1, -0.05) is 36.8 Å². The monoisotopic (exact) mass is 240 g/mol. The van der Waals surface area contributed by atoms with Crippen LogP contribution in [-0.2, 0) is 20.4 Å². The van der Waals surface area contributed by atoms with Gasteiger partial charge in [0.15, 0.2) is 9.84 Å². The maximum absolute atomic E-state index is 11.7. The van der Waals surface area contributed by atoms with E-state index in [1.54, 1.807) is 13.0 Å². The summed E-state index contributed by atoms with van der Waals surface area (Å²) in [7, 11) is -3.31. The smallest absolute Gasteiger partial charge is 0.161 e. The molecule has 0 saturated heterocycles. The minimum absolute atomic E-state index is 0.0551. The van der Waals surface area contributed by atoms with Crippen LogP contribution in [0.25, 0.3) is 0 Å². The fourth-order valence-electron chi connectivity index (χ4n) is 1.45. The van der Waals surface area contributed by atoms with Crippen LogP contribution in [0.1, 0.15) is 24.5 Å². The van der Waals surface area contributed by atoms with Crippen LogP contribution in [-0.4, -0.2) is 20.0 Å². The van der Waals surface area contributed by atoms with Gasteiger partial charge in [-0.2, -0.15) is 0 Å². The fourth-order valence-corrected chi connectivity index (χ4v) is 2.94. The van der Waals surface area contributed by atoms with Crippen molar-refractivity contribution in [3.8, 4) is 0 Å². The van der Waals surface area contributed by atoms with Gasteiger partial charge in [-0.15, -0.1) is 0 Å². The number of benzene rings is 1. The van der Waals surface area contributed by atoms with E-state index in [4.69, 9.17) is 0 Å². The van der Waals surface area contributed by atoms with Gasteiger partial charge in [0.25, 0.3) is 0 Å². The molecule has 0 bridgehead atoms. The van der Waals surface area contributed by atoms with Gasteiger partial charge in [-0.3, -0.25) is 4.79 Å². The molecule has 1 aromatic carbocycles. The van der Waals surface area contributed by atoms with E-state index in [0.29, 0.717) is 0 Å². The Labute approximate surface area is 96.4 Å². The average Bonchev–Trinajstić information content (AvgIpc) is 2.15. The van der Waals surface area contributed by atoms with E-state index >= 15 is 0 Å². The van der Waals surface area contributed by atoms with Gasteiger partial charge in [0.1, 0.15) is 11.5 Å². The summed E-state index contributed by atoms with van der Waals surface area (Å²) in [6.07, 6.45) is 0.271. The minimum Gasteiger partial charge on any atom is -0.299 e. The van der Waals surface area contributed by atoms with Crippen molar-refractivity contribution >= 4 is 15.6 Å². The Balaban J connectivity index is 2.77. The highest BCUT2D eigenvalue weighted by atomic mass is 32.2. The molecule has 0 aliphatic rings. The van der Waals surface area contributed by atoms with Crippen molar-refractivity contribution in [2.24, 2.45) is 0 Å². The molecule has 88 valence electrons. The largest absolute Gasteiger partial charge is 0.299 e. The first-order chi connectivity index (χ1) is 7.43. The van der Waals surface area contributed by atoms with Crippen molar-refractivity contribution < 1.29 is 13.2 Å². The molecule has 0 spiro atoms. The van der Waals surface area contributed by atoms with Gasteiger partial charge in [0, 0.05) is 6.42 Å². The summed E-state index contributed by atoms with van der Waals surface area (Å²) in [4.78, 5) is 11.1. The Morgan fingerprint density at radius 3 is 2.56 bits per heavy atom.